The van der Waals surface area contributed by atoms with E-state index in [0.717, 1.165) is 32.0 Å². The summed E-state index contributed by atoms with van der Waals surface area (Å²) < 4.78 is 10.9. The molecule has 0 atom stereocenters. The molecule has 3 heterocycles. The Morgan fingerprint density at radius 1 is 0.964 bits per heavy atom. The number of aromatic hydroxyl groups is 1. The van der Waals surface area contributed by atoms with E-state index in [0.29, 0.717) is 49.3 Å². The number of hydrogen-bond donors (Lipinski definition) is 2. The number of phenols is 1. The number of benzene rings is 1. The largest absolute Gasteiger partial charge is 0.508 e. The van der Waals surface area contributed by atoms with Crippen LogP contribution in [0.3, 0.4) is 0 Å². The lowest BCUT2D eigenvalue weighted by Gasteiger charge is -2.31. The van der Waals surface area contributed by atoms with Crippen molar-refractivity contribution in [2.75, 3.05) is 62.4 Å². The van der Waals surface area contributed by atoms with Crippen LogP contribution in [0.25, 0.3) is 0 Å². The van der Waals surface area contributed by atoms with E-state index in [1.165, 1.54) is 0 Å². The zero-order chi connectivity index (χ0) is 19.3. The van der Waals surface area contributed by atoms with E-state index in [9.17, 15) is 5.11 Å². The molecule has 3 N–H and O–H groups in total. The topological polar surface area (TPSA) is 109 Å². The van der Waals surface area contributed by atoms with Crippen LogP contribution in [0, 0.1) is 0 Å². The van der Waals surface area contributed by atoms with Gasteiger partial charge in [0.15, 0.2) is 0 Å². The van der Waals surface area contributed by atoms with E-state index in [1.807, 2.05) is 12.1 Å². The fraction of sp³-hybridized carbons (Fsp3) is 0.421. The fourth-order valence-corrected chi connectivity index (χ4v) is 3.34. The molecule has 0 aliphatic carbocycles. The summed E-state index contributed by atoms with van der Waals surface area (Å²) >= 11 is 0. The summed E-state index contributed by atoms with van der Waals surface area (Å²) in [6.07, 6.45) is 0. The number of nitrogens with zero attached hydrogens (tertiary/aromatic N) is 5. The molecule has 0 spiro atoms. The van der Waals surface area contributed by atoms with E-state index in [4.69, 9.17) is 25.3 Å². The van der Waals surface area contributed by atoms with Crippen molar-refractivity contribution in [3.63, 3.8) is 0 Å². The molecule has 148 valence electrons. The molecule has 2 fully saturated rings. The minimum absolute atomic E-state index is 0.148. The molecule has 9 heteroatoms. The van der Waals surface area contributed by atoms with Crippen molar-refractivity contribution in [1.29, 1.82) is 0 Å². The lowest BCUT2D eigenvalue weighted by molar-refractivity contribution is 0.121. The Bertz CT molecular complexity index is 811. The molecule has 4 rings (SSSR count). The number of phenolic OH excluding ortho intramolecular Hbond substituents is 1. The zero-order valence-electron chi connectivity index (χ0n) is 15.6. The maximum absolute atomic E-state index is 9.85. The van der Waals surface area contributed by atoms with Gasteiger partial charge in [0.25, 0.3) is 0 Å². The third-order valence-electron chi connectivity index (χ3n) is 4.82. The predicted molar refractivity (Wildman–Crippen MR) is 106 cm³/mol. The van der Waals surface area contributed by atoms with Gasteiger partial charge in [-0.15, -0.1) is 0 Å². The minimum atomic E-state index is 0.148. The molecule has 28 heavy (non-hydrogen) atoms. The zero-order valence-corrected chi connectivity index (χ0v) is 15.6. The molecule has 0 amide bonds. The van der Waals surface area contributed by atoms with Gasteiger partial charge in [-0.05, 0) is 12.1 Å². The Hall–Kier alpha value is -2.91. The van der Waals surface area contributed by atoms with Gasteiger partial charge in [0, 0.05) is 37.8 Å². The number of morpholine rings is 2. The van der Waals surface area contributed by atoms with E-state index in [1.54, 1.807) is 18.2 Å². The van der Waals surface area contributed by atoms with Gasteiger partial charge in [0.2, 0.25) is 5.95 Å². The van der Waals surface area contributed by atoms with E-state index >= 15 is 0 Å². The first-order valence-electron chi connectivity index (χ1n) is 9.37. The standard InChI is InChI=1S/C19H24N6O3/c20-23-18(14-2-1-3-15(26)12-14)16-13-17(24-4-8-27-9-5-24)22-19(21-16)25-6-10-28-11-7-25/h1-3,12-13,26H,4-11,20H2/b23-18+. The molecule has 0 unspecified atom stereocenters. The Morgan fingerprint density at radius 3 is 2.29 bits per heavy atom. The highest BCUT2D eigenvalue weighted by Crippen LogP contribution is 2.23. The SMILES string of the molecule is N/N=C(\c1cccc(O)c1)c1cc(N2CCOCC2)nc(N2CCOCC2)n1. The normalized spacial score (nSPS) is 18.4. The number of aromatic nitrogens is 2. The van der Waals surface area contributed by atoms with Gasteiger partial charge in [-0.2, -0.15) is 10.1 Å². The summed E-state index contributed by atoms with van der Waals surface area (Å²) in [6.45, 7) is 5.60. The van der Waals surface area contributed by atoms with Crippen LogP contribution in [0.1, 0.15) is 11.3 Å². The van der Waals surface area contributed by atoms with E-state index in [-0.39, 0.29) is 5.75 Å². The molecular weight excluding hydrogens is 360 g/mol. The van der Waals surface area contributed by atoms with Crippen molar-refractivity contribution < 1.29 is 14.6 Å². The Morgan fingerprint density at radius 2 is 1.64 bits per heavy atom. The van der Waals surface area contributed by atoms with Gasteiger partial charge in [-0.3, -0.25) is 0 Å². The van der Waals surface area contributed by atoms with Crippen molar-refractivity contribution in [3.8, 4) is 5.75 Å². The minimum Gasteiger partial charge on any atom is -0.508 e. The van der Waals surface area contributed by atoms with Crippen molar-refractivity contribution >= 4 is 17.5 Å². The van der Waals surface area contributed by atoms with Crippen LogP contribution in [-0.2, 0) is 9.47 Å². The maximum atomic E-state index is 9.85. The summed E-state index contributed by atoms with van der Waals surface area (Å²) in [6, 6.07) is 8.72. The van der Waals surface area contributed by atoms with Gasteiger partial charge in [0.05, 0.1) is 32.1 Å². The van der Waals surface area contributed by atoms with Gasteiger partial charge in [-0.25, -0.2) is 4.98 Å². The molecule has 0 bridgehead atoms. The monoisotopic (exact) mass is 384 g/mol. The van der Waals surface area contributed by atoms with E-state index in [2.05, 4.69) is 14.9 Å². The summed E-state index contributed by atoms with van der Waals surface area (Å²) in [5.41, 5.74) is 1.82. The Kier molecular flexibility index (Phi) is 5.54. The molecule has 2 aliphatic heterocycles. The van der Waals surface area contributed by atoms with Crippen LogP contribution >= 0.6 is 0 Å². The maximum Gasteiger partial charge on any atom is 0.228 e. The predicted octanol–water partition coefficient (Wildman–Crippen LogP) is 0.566. The molecule has 2 saturated heterocycles. The lowest BCUT2D eigenvalue weighted by Crippen LogP contribution is -2.39. The van der Waals surface area contributed by atoms with Crippen LogP contribution in [0.5, 0.6) is 5.75 Å². The van der Waals surface area contributed by atoms with Crippen LogP contribution < -0.4 is 15.6 Å². The first kappa shape index (κ1) is 18.5. The summed E-state index contributed by atoms with van der Waals surface area (Å²) in [7, 11) is 0. The second-order valence-electron chi connectivity index (χ2n) is 6.64. The number of rotatable bonds is 4. The molecule has 9 nitrogen and oxygen atoms in total. The lowest BCUT2D eigenvalue weighted by atomic mass is 10.1. The van der Waals surface area contributed by atoms with Gasteiger partial charge >= 0.3 is 0 Å². The molecule has 1 aromatic heterocycles. The van der Waals surface area contributed by atoms with Gasteiger partial charge in [-0.1, -0.05) is 12.1 Å². The molecule has 1 aromatic carbocycles. The van der Waals surface area contributed by atoms with Crippen LogP contribution in [0.15, 0.2) is 35.4 Å². The quantitative estimate of drug-likeness (QED) is 0.447. The summed E-state index contributed by atoms with van der Waals surface area (Å²) in [5, 5.41) is 13.8. The number of anilines is 2. The van der Waals surface area contributed by atoms with Crippen molar-refractivity contribution in [2.24, 2.45) is 10.9 Å². The number of hydrazone groups is 1. The first-order valence-corrected chi connectivity index (χ1v) is 9.37. The Labute approximate surface area is 163 Å². The summed E-state index contributed by atoms with van der Waals surface area (Å²) in [4.78, 5) is 13.8. The van der Waals surface area contributed by atoms with Crippen molar-refractivity contribution in [2.45, 2.75) is 0 Å². The van der Waals surface area contributed by atoms with Crippen molar-refractivity contribution in [1.82, 2.24) is 9.97 Å². The molecule has 0 radical (unpaired) electrons. The van der Waals surface area contributed by atoms with Crippen LogP contribution in [0.4, 0.5) is 11.8 Å². The second-order valence-corrected chi connectivity index (χ2v) is 6.64. The third kappa shape index (κ3) is 4.00. The highest BCUT2D eigenvalue weighted by atomic mass is 16.5. The van der Waals surface area contributed by atoms with Gasteiger partial charge in [0.1, 0.15) is 17.3 Å². The highest BCUT2D eigenvalue weighted by molar-refractivity contribution is 6.12. The molecule has 0 saturated carbocycles. The number of hydrogen-bond acceptors (Lipinski definition) is 9. The average Bonchev–Trinajstić information content (AvgIpc) is 2.75. The van der Waals surface area contributed by atoms with E-state index < -0.39 is 0 Å². The smallest absolute Gasteiger partial charge is 0.228 e. The van der Waals surface area contributed by atoms with Crippen LogP contribution in [-0.4, -0.2) is 73.4 Å². The molecule has 2 aromatic rings. The highest BCUT2D eigenvalue weighted by Gasteiger charge is 2.21. The summed E-state index contributed by atoms with van der Waals surface area (Å²) in [5.74, 6) is 7.31. The molecule has 2 aliphatic rings. The fourth-order valence-electron chi connectivity index (χ4n) is 3.34. The average molecular weight is 384 g/mol. The van der Waals surface area contributed by atoms with Crippen LogP contribution in [0.2, 0.25) is 0 Å². The molecular formula is C19H24N6O3. The van der Waals surface area contributed by atoms with Crippen molar-refractivity contribution in [3.05, 3.63) is 41.6 Å². The number of ether oxygens (including phenoxy) is 2. The first-order chi connectivity index (χ1) is 13.7. The van der Waals surface area contributed by atoms with Gasteiger partial charge < -0.3 is 30.2 Å². The second kappa shape index (κ2) is 8.41. The Balaban J connectivity index is 1.75. The number of nitrogens with two attached hydrogens (primary N) is 1. The third-order valence-corrected chi connectivity index (χ3v) is 4.82.